The van der Waals surface area contributed by atoms with Gasteiger partial charge < -0.3 is 34.1 Å². The Balaban J connectivity index is 1.47. The molecule has 10 nitrogen and oxygen atoms in total. The van der Waals surface area contributed by atoms with Crippen LogP contribution in [-0.4, -0.2) is 42.4 Å². The van der Waals surface area contributed by atoms with Crippen molar-refractivity contribution >= 4 is 34.3 Å². The maximum absolute atomic E-state index is 12.9. The fraction of sp³-hybridized carbons (Fsp3) is 0.250. The Morgan fingerprint density at radius 2 is 1.79 bits per heavy atom. The minimum Gasteiger partial charge on any atom is -0.497 e. The molecule has 0 saturated heterocycles. The zero-order chi connectivity index (χ0) is 26.6. The van der Waals surface area contributed by atoms with Gasteiger partial charge in [0.25, 0.3) is 0 Å². The fourth-order valence-corrected chi connectivity index (χ4v) is 4.44. The van der Waals surface area contributed by atoms with Crippen molar-refractivity contribution in [3.63, 3.8) is 0 Å². The first-order valence-electron chi connectivity index (χ1n) is 12.1. The zero-order valence-electron chi connectivity index (χ0n) is 21.4. The number of esters is 1. The summed E-state index contributed by atoms with van der Waals surface area (Å²) in [6, 6.07) is 15.4. The highest BCUT2D eigenvalue weighted by molar-refractivity contribution is 6.11. The van der Waals surface area contributed by atoms with Gasteiger partial charge in [0.05, 0.1) is 31.8 Å². The Bertz CT molecular complexity index is 1500. The Labute approximate surface area is 219 Å². The third-order valence-corrected chi connectivity index (χ3v) is 6.29. The van der Waals surface area contributed by atoms with Gasteiger partial charge in [-0.1, -0.05) is 18.2 Å². The molecule has 0 radical (unpaired) electrons. The van der Waals surface area contributed by atoms with Crippen molar-refractivity contribution in [3.8, 4) is 17.2 Å². The van der Waals surface area contributed by atoms with Gasteiger partial charge in [-0.25, -0.2) is 9.78 Å². The molecule has 0 aliphatic carbocycles. The average Bonchev–Trinajstić information content (AvgIpc) is 3.52. The standard InChI is InChI=1S/C28H28N4O6/c1-17(33)31-25-22-13-20(29-14-19-6-9-23-24(12-19)38-16-37-23)15-30-27(22)32(26(25)28(34)36-3)11-10-18-4-7-21(35-2)8-5-18/h4-9,12-13,15,29H,10-11,14,16H2,1-3H3,(H,31,33). The molecule has 1 aliphatic heterocycles. The van der Waals surface area contributed by atoms with E-state index in [1.807, 2.05) is 48.5 Å². The number of amides is 1. The molecule has 2 aromatic carbocycles. The lowest BCUT2D eigenvalue weighted by atomic mass is 10.1. The minimum absolute atomic E-state index is 0.219. The van der Waals surface area contributed by atoms with E-state index in [4.69, 9.17) is 18.9 Å². The molecule has 4 aromatic rings. The Kier molecular flexibility index (Phi) is 7.03. The fourth-order valence-electron chi connectivity index (χ4n) is 4.44. The Morgan fingerprint density at radius 1 is 1.03 bits per heavy atom. The molecule has 38 heavy (non-hydrogen) atoms. The van der Waals surface area contributed by atoms with E-state index >= 15 is 0 Å². The molecule has 1 amide bonds. The van der Waals surface area contributed by atoms with Gasteiger partial charge in [0.15, 0.2) is 17.2 Å². The van der Waals surface area contributed by atoms with Crippen LogP contribution in [0.1, 0.15) is 28.5 Å². The predicted molar refractivity (Wildman–Crippen MR) is 142 cm³/mol. The maximum atomic E-state index is 12.9. The summed E-state index contributed by atoms with van der Waals surface area (Å²) in [5.74, 6) is 1.34. The lowest BCUT2D eigenvalue weighted by Crippen LogP contribution is -2.16. The second-order valence-electron chi connectivity index (χ2n) is 8.78. The number of pyridine rings is 1. The molecule has 0 saturated carbocycles. The summed E-state index contributed by atoms with van der Waals surface area (Å²) in [4.78, 5) is 29.7. The Hall–Kier alpha value is -4.73. The molecule has 0 unspecified atom stereocenters. The van der Waals surface area contributed by atoms with Gasteiger partial charge in [-0.05, 0) is 47.9 Å². The molecule has 3 heterocycles. The van der Waals surface area contributed by atoms with Crippen LogP contribution in [0.4, 0.5) is 11.4 Å². The van der Waals surface area contributed by atoms with Crippen LogP contribution in [0, 0.1) is 0 Å². The van der Waals surface area contributed by atoms with Gasteiger partial charge in [0, 0.05) is 25.4 Å². The number of aryl methyl sites for hydroxylation is 2. The number of benzene rings is 2. The van der Waals surface area contributed by atoms with Gasteiger partial charge in [0.2, 0.25) is 12.7 Å². The summed E-state index contributed by atoms with van der Waals surface area (Å²) in [5.41, 5.74) is 3.97. The van der Waals surface area contributed by atoms with Crippen molar-refractivity contribution in [3.05, 3.63) is 71.5 Å². The molecule has 196 valence electrons. The molecular weight excluding hydrogens is 488 g/mol. The second kappa shape index (κ2) is 10.7. The average molecular weight is 517 g/mol. The quantitative estimate of drug-likeness (QED) is 0.315. The highest BCUT2D eigenvalue weighted by Gasteiger charge is 2.25. The number of nitrogens with zero attached hydrogens (tertiary/aromatic N) is 2. The summed E-state index contributed by atoms with van der Waals surface area (Å²) in [7, 11) is 2.94. The number of fused-ring (bicyclic) bond motifs is 2. The van der Waals surface area contributed by atoms with E-state index in [9.17, 15) is 9.59 Å². The number of nitrogens with one attached hydrogen (secondary N) is 2. The number of anilines is 2. The van der Waals surface area contributed by atoms with Gasteiger partial charge >= 0.3 is 5.97 Å². The van der Waals surface area contributed by atoms with E-state index in [-0.39, 0.29) is 18.4 Å². The third kappa shape index (κ3) is 5.06. The normalized spacial score (nSPS) is 11.9. The van der Waals surface area contributed by atoms with Gasteiger partial charge in [-0.3, -0.25) is 4.79 Å². The number of ether oxygens (including phenoxy) is 4. The van der Waals surface area contributed by atoms with E-state index in [2.05, 4.69) is 15.6 Å². The molecule has 0 fully saturated rings. The molecule has 5 rings (SSSR count). The number of carbonyl (C=O) groups is 2. The van der Waals surface area contributed by atoms with Crippen molar-refractivity contribution in [1.82, 2.24) is 9.55 Å². The Morgan fingerprint density at radius 3 is 2.53 bits per heavy atom. The van der Waals surface area contributed by atoms with Crippen LogP contribution in [0.5, 0.6) is 17.2 Å². The first kappa shape index (κ1) is 24.9. The van der Waals surface area contributed by atoms with Gasteiger partial charge in [-0.2, -0.15) is 0 Å². The highest BCUT2D eigenvalue weighted by atomic mass is 16.7. The van der Waals surface area contributed by atoms with E-state index < -0.39 is 5.97 Å². The second-order valence-corrected chi connectivity index (χ2v) is 8.78. The summed E-state index contributed by atoms with van der Waals surface area (Å²) >= 11 is 0. The maximum Gasteiger partial charge on any atom is 0.356 e. The number of rotatable bonds is 9. The molecular formula is C28H28N4O6. The van der Waals surface area contributed by atoms with Crippen molar-refractivity contribution in [2.75, 3.05) is 31.6 Å². The SMILES string of the molecule is COC(=O)c1c(NC(C)=O)c2cc(NCc3ccc4c(c3)OCO4)cnc2n1CCc1ccc(OC)cc1. The minimum atomic E-state index is -0.559. The van der Waals surface area contributed by atoms with Gasteiger partial charge in [-0.15, -0.1) is 0 Å². The van der Waals surface area contributed by atoms with Crippen LogP contribution in [0.15, 0.2) is 54.7 Å². The van der Waals surface area contributed by atoms with Crippen LogP contribution >= 0.6 is 0 Å². The highest BCUT2D eigenvalue weighted by Crippen LogP contribution is 2.34. The summed E-state index contributed by atoms with van der Waals surface area (Å²) < 4.78 is 23.0. The van der Waals surface area contributed by atoms with E-state index in [1.165, 1.54) is 14.0 Å². The molecule has 2 aromatic heterocycles. The zero-order valence-corrected chi connectivity index (χ0v) is 21.4. The van der Waals surface area contributed by atoms with Crippen molar-refractivity contribution in [2.45, 2.75) is 26.4 Å². The van der Waals surface area contributed by atoms with Crippen LogP contribution in [0.2, 0.25) is 0 Å². The van der Waals surface area contributed by atoms with Crippen LogP contribution in [-0.2, 0) is 29.0 Å². The molecule has 0 spiro atoms. The molecule has 10 heteroatoms. The van der Waals surface area contributed by atoms with Crippen LogP contribution in [0.25, 0.3) is 11.0 Å². The van der Waals surface area contributed by atoms with Gasteiger partial charge in [0.1, 0.15) is 11.4 Å². The molecule has 0 bridgehead atoms. The number of carbonyl (C=O) groups excluding carboxylic acids is 2. The van der Waals surface area contributed by atoms with Crippen LogP contribution < -0.4 is 24.8 Å². The lowest BCUT2D eigenvalue weighted by molar-refractivity contribution is -0.114. The largest absolute Gasteiger partial charge is 0.497 e. The molecule has 1 aliphatic rings. The monoisotopic (exact) mass is 516 g/mol. The molecule has 2 N–H and O–H groups in total. The topological polar surface area (TPSA) is 113 Å². The van der Waals surface area contributed by atoms with Crippen molar-refractivity contribution < 1.29 is 28.5 Å². The summed E-state index contributed by atoms with van der Waals surface area (Å²) in [6.07, 6.45) is 2.33. The smallest absolute Gasteiger partial charge is 0.356 e. The summed E-state index contributed by atoms with van der Waals surface area (Å²) in [6.45, 7) is 2.58. The predicted octanol–water partition coefficient (Wildman–Crippen LogP) is 4.37. The molecule has 0 atom stereocenters. The first-order valence-corrected chi connectivity index (χ1v) is 12.1. The first-order chi connectivity index (χ1) is 18.5. The number of aromatic nitrogens is 2. The summed E-state index contributed by atoms with van der Waals surface area (Å²) in [5, 5.41) is 6.81. The van der Waals surface area contributed by atoms with Crippen LogP contribution in [0.3, 0.4) is 0 Å². The number of hydrogen-bond donors (Lipinski definition) is 2. The van der Waals surface area contributed by atoms with Crippen molar-refractivity contribution in [2.24, 2.45) is 0 Å². The lowest BCUT2D eigenvalue weighted by Gasteiger charge is -2.11. The van der Waals surface area contributed by atoms with E-state index in [0.717, 1.165) is 28.3 Å². The third-order valence-electron chi connectivity index (χ3n) is 6.29. The number of hydrogen-bond acceptors (Lipinski definition) is 8. The van der Waals surface area contributed by atoms with Crippen molar-refractivity contribution in [1.29, 1.82) is 0 Å². The van der Waals surface area contributed by atoms with E-state index in [0.29, 0.717) is 42.0 Å². The van der Waals surface area contributed by atoms with E-state index in [1.54, 1.807) is 17.9 Å². The number of methoxy groups -OCH3 is 2.